The van der Waals surface area contributed by atoms with Crippen molar-refractivity contribution in [3.05, 3.63) is 75.9 Å². The van der Waals surface area contributed by atoms with Gasteiger partial charge < -0.3 is 14.8 Å². The highest BCUT2D eigenvalue weighted by Crippen LogP contribution is 2.31. The van der Waals surface area contributed by atoms with E-state index in [1.54, 1.807) is 25.1 Å². The third-order valence-electron chi connectivity index (χ3n) is 5.15. The summed E-state index contributed by atoms with van der Waals surface area (Å²) < 4.78 is 5.42. The summed E-state index contributed by atoms with van der Waals surface area (Å²) in [7, 11) is 0. The maximum Gasteiger partial charge on any atom is 0.306 e. The van der Waals surface area contributed by atoms with Crippen molar-refractivity contribution in [1.29, 1.82) is 0 Å². The van der Waals surface area contributed by atoms with Crippen molar-refractivity contribution in [2.75, 3.05) is 0 Å². The number of amides is 1. The Labute approximate surface area is 196 Å². The van der Waals surface area contributed by atoms with Gasteiger partial charge in [0.15, 0.2) is 5.89 Å². The van der Waals surface area contributed by atoms with Gasteiger partial charge in [-0.1, -0.05) is 61.3 Å². The van der Waals surface area contributed by atoms with E-state index in [0.717, 1.165) is 16.7 Å². The number of hydrogen-bond acceptors (Lipinski definition) is 4. The molecule has 0 radical (unpaired) electrons. The maximum atomic E-state index is 12.6. The summed E-state index contributed by atoms with van der Waals surface area (Å²) in [5.41, 5.74) is 2.68. The molecular formula is C24H24Cl2N2O4. The molecule has 8 heteroatoms. The third kappa shape index (κ3) is 6.11. The summed E-state index contributed by atoms with van der Waals surface area (Å²) in [6, 6.07) is 12.6. The molecule has 2 aromatic carbocycles. The Hall–Kier alpha value is -2.83. The van der Waals surface area contributed by atoms with Gasteiger partial charge in [0.2, 0.25) is 5.76 Å². The van der Waals surface area contributed by atoms with Crippen LogP contribution in [0.3, 0.4) is 0 Å². The van der Waals surface area contributed by atoms with Gasteiger partial charge in [0.05, 0.1) is 12.1 Å². The highest BCUT2D eigenvalue weighted by Gasteiger charge is 2.22. The second-order valence-electron chi connectivity index (χ2n) is 7.64. The molecule has 0 aliphatic carbocycles. The zero-order chi connectivity index (χ0) is 23.3. The Morgan fingerprint density at radius 2 is 1.88 bits per heavy atom. The largest absolute Gasteiger partial charge is 0.481 e. The van der Waals surface area contributed by atoms with Crippen LogP contribution in [0.25, 0.3) is 11.1 Å². The van der Waals surface area contributed by atoms with Crippen LogP contribution in [0, 0.1) is 5.92 Å². The van der Waals surface area contributed by atoms with E-state index in [1.807, 2.05) is 31.2 Å². The minimum Gasteiger partial charge on any atom is -0.481 e. The summed E-state index contributed by atoms with van der Waals surface area (Å²) in [6.45, 7) is 3.50. The molecule has 6 nitrogen and oxygen atoms in total. The van der Waals surface area contributed by atoms with Crippen molar-refractivity contribution >= 4 is 35.1 Å². The van der Waals surface area contributed by atoms with Crippen molar-refractivity contribution in [3.8, 4) is 11.1 Å². The molecule has 2 N–H and O–H groups in total. The monoisotopic (exact) mass is 474 g/mol. The lowest BCUT2D eigenvalue weighted by Crippen LogP contribution is -2.38. The molecule has 32 heavy (non-hydrogen) atoms. The fraction of sp³-hybridized carbons (Fsp3) is 0.292. The lowest BCUT2D eigenvalue weighted by molar-refractivity contribution is -0.141. The predicted molar refractivity (Wildman–Crippen MR) is 124 cm³/mol. The Kier molecular flexibility index (Phi) is 7.94. The van der Waals surface area contributed by atoms with Gasteiger partial charge in [-0.25, -0.2) is 4.98 Å². The first-order valence-corrected chi connectivity index (χ1v) is 11.0. The first-order valence-electron chi connectivity index (χ1n) is 10.3. The number of aromatic nitrogens is 1. The molecular weight excluding hydrogens is 451 g/mol. The molecule has 1 unspecified atom stereocenters. The molecule has 2 atom stereocenters. The van der Waals surface area contributed by atoms with Gasteiger partial charge >= 0.3 is 5.97 Å². The summed E-state index contributed by atoms with van der Waals surface area (Å²) in [4.78, 5) is 28.0. The second-order valence-corrected chi connectivity index (χ2v) is 8.49. The molecule has 0 fully saturated rings. The average Bonchev–Trinajstić information content (AvgIpc) is 3.25. The lowest BCUT2D eigenvalue weighted by atomic mass is 9.95. The van der Waals surface area contributed by atoms with Gasteiger partial charge in [0.25, 0.3) is 5.91 Å². The first-order chi connectivity index (χ1) is 15.3. The van der Waals surface area contributed by atoms with Crippen LogP contribution in [0.15, 0.2) is 53.1 Å². The van der Waals surface area contributed by atoms with Crippen LogP contribution >= 0.6 is 23.2 Å². The zero-order valence-corrected chi connectivity index (χ0v) is 19.3. The average molecular weight is 475 g/mol. The number of carbonyl (C=O) groups is 2. The normalized spacial score (nSPS) is 12.9. The van der Waals surface area contributed by atoms with E-state index in [1.165, 1.54) is 6.20 Å². The quantitative estimate of drug-likeness (QED) is 0.417. The van der Waals surface area contributed by atoms with Gasteiger partial charge in [-0.05, 0) is 42.2 Å². The minimum atomic E-state index is -0.914. The van der Waals surface area contributed by atoms with Gasteiger partial charge in [-0.3, -0.25) is 9.59 Å². The Bertz CT molecular complexity index is 1100. The predicted octanol–water partition coefficient (Wildman–Crippen LogP) is 5.66. The Morgan fingerprint density at radius 1 is 1.16 bits per heavy atom. The molecule has 168 valence electrons. The molecule has 0 bridgehead atoms. The number of hydrogen-bond donors (Lipinski definition) is 2. The van der Waals surface area contributed by atoms with E-state index in [9.17, 15) is 14.7 Å². The molecule has 3 rings (SSSR count). The topological polar surface area (TPSA) is 92.4 Å². The summed E-state index contributed by atoms with van der Waals surface area (Å²) in [5.74, 6) is -1.36. The molecule has 0 spiro atoms. The van der Waals surface area contributed by atoms with Crippen LogP contribution in [0.2, 0.25) is 10.0 Å². The fourth-order valence-corrected chi connectivity index (χ4v) is 3.78. The summed E-state index contributed by atoms with van der Waals surface area (Å²) >= 11 is 12.4. The SMILES string of the molecule is CCc1ncc(C(=O)NC(Cc2ccc(-c3cc(Cl)ccc3Cl)cc2)C[C@H](C)C(=O)O)o1. The molecule has 0 saturated heterocycles. The number of carboxylic acid groups (broad SMARTS) is 1. The van der Waals surface area contributed by atoms with Crippen molar-refractivity contribution in [1.82, 2.24) is 10.3 Å². The highest BCUT2D eigenvalue weighted by molar-refractivity contribution is 6.35. The van der Waals surface area contributed by atoms with Crippen molar-refractivity contribution < 1.29 is 19.1 Å². The molecule has 0 saturated carbocycles. The molecule has 1 heterocycles. The van der Waals surface area contributed by atoms with Crippen molar-refractivity contribution in [2.24, 2.45) is 5.92 Å². The first kappa shape index (κ1) is 23.8. The third-order valence-corrected chi connectivity index (χ3v) is 5.71. The maximum absolute atomic E-state index is 12.6. The number of nitrogens with zero attached hydrogens (tertiary/aromatic N) is 1. The van der Waals surface area contributed by atoms with E-state index in [4.69, 9.17) is 27.6 Å². The summed E-state index contributed by atoms with van der Waals surface area (Å²) in [6.07, 6.45) is 2.70. The molecule has 0 aliphatic rings. The lowest BCUT2D eigenvalue weighted by Gasteiger charge is -2.20. The number of carbonyl (C=O) groups excluding carboxylic acids is 1. The van der Waals surface area contributed by atoms with Crippen LogP contribution in [0.4, 0.5) is 0 Å². The number of nitrogens with one attached hydrogen (secondary N) is 1. The van der Waals surface area contributed by atoms with Gasteiger partial charge in [-0.2, -0.15) is 0 Å². The number of carboxylic acids is 1. The minimum absolute atomic E-state index is 0.112. The van der Waals surface area contributed by atoms with Crippen molar-refractivity contribution in [2.45, 2.75) is 39.2 Å². The van der Waals surface area contributed by atoms with Crippen LogP contribution in [-0.4, -0.2) is 28.0 Å². The fourth-order valence-electron chi connectivity index (χ4n) is 3.38. The summed E-state index contributed by atoms with van der Waals surface area (Å²) in [5, 5.41) is 13.4. The Morgan fingerprint density at radius 3 is 2.50 bits per heavy atom. The number of aryl methyl sites for hydroxylation is 1. The van der Waals surface area contributed by atoms with Crippen LogP contribution in [0.1, 0.15) is 42.3 Å². The number of halogens is 2. The number of benzene rings is 2. The van der Waals surface area contributed by atoms with Crippen LogP contribution in [-0.2, 0) is 17.6 Å². The van der Waals surface area contributed by atoms with Crippen LogP contribution in [0.5, 0.6) is 0 Å². The van der Waals surface area contributed by atoms with E-state index in [0.29, 0.717) is 28.8 Å². The van der Waals surface area contributed by atoms with Crippen molar-refractivity contribution in [3.63, 3.8) is 0 Å². The van der Waals surface area contributed by atoms with Crippen LogP contribution < -0.4 is 5.32 Å². The molecule has 1 aromatic heterocycles. The van der Waals surface area contributed by atoms with E-state index >= 15 is 0 Å². The number of rotatable bonds is 9. The molecule has 0 aliphatic heterocycles. The van der Waals surface area contributed by atoms with Gasteiger partial charge in [-0.15, -0.1) is 0 Å². The smallest absolute Gasteiger partial charge is 0.306 e. The van der Waals surface area contributed by atoms with Gasteiger partial charge in [0, 0.05) is 28.1 Å². The number of aliphatic carboxylic acids is 1. The molecule has 3 aromatic rings. The zero-order valence-electron chi connectivity index (χ0n) is 17.8. The molecule has 1 amide bonds. The highest BCUT2D eigenvalue weighted by atomic mass is 35.5. The van der Waals surface area contributed by atoms with E-state index < -0.39 is 23.8 Å². The second kappa shape index (κ2) is 10.7. The Balaban J connectivity index is 1.77. The van der Waals surface area contributed by atoms with Gasteiger partial charge in [0.1, 0.15) is 0 Å². The standard InChI is InChI=1S/C24H24Cl2N2O4/c1-3-22-27-13-21(32-22)23(29)28-18(10-14(2)24(30)31)11-15-4-6-16(7-5-15)19-12-17(25)8-9-20(19)26/h4-9,12-14,18H,3,10-11H2,1-2H3,(H,28,29)(H,30,31)/t14-,18?/m0/s1. The van der Waals surface area contributed by atoms with E-state index in [2.05, 4.69) is 10.3 Å². The van der Waals surface area contributed by atoms with E-state index in [-0.39, 0.29) is 12.2 Å². The number of oxazole rings is 1.